The third kappa shape index (κ3) is 4.81. The van der Waals surface area contributed by atoms with Gasteiger partial charge in [-0.2, -0.15) is 0 Å². The number of carbonyl (C=O) groups is 1. The van der Waals surface area contributed by atoms with Crippen LogP contribution in [0.1, 0.15) is 19.5 Å². The van der Waals surface area contributed by atoms with Gasteiger partial charge < -0.3 is 4.57 Å². The van der Waals surface area contributed by atoms with Crippen LogP contribution < -0.4 is 4.90 Å². The Bertz CT molecular complexity index is 1170. The van der Waals surface area contributed by atoms with Crippen molar-refractivity contribution in [3.05, 3.63) is 70.7 Å². The van der Waals surface area contributed by atoms with Crippen LogP contribution in [-0.4, -0.2) is 25.7 Å². The number of hydrogen-bond donors (Lipinski definition) is 0. The maximum absolute atomic E-state index is 12.2. The summed E-state index contributed by atoms with van der Waals surface area (Å²) in [5.74, 6) is 1.38. The van der Waals surface area contributed by atoms with Gasteiger partial charge in [0.15, 0.2) is 16.1 Å². The van der Waals surface area contributed by atoms with Gasteiger partial charge in [0.1, 0.15) is 0 Å². The van der Waals surface area contributed by atoms with Gasteiger partial charge in [0.2, 0.25) is 5.91 Å². The second-order valence-electron chi connectivity index (χ2n) is 6.66. The quantitative estimate of drug-likeness (QED) is 0.308. The Kier molecular flexibility index (Phi) is 6.70. The number of thioether (sulfide) groups is 1. The topological polar surface area (TPSA) is 63.9 Å². The molecule has 0 aliphatic carbocycles. The van der Waals surface area contributed by atoms with Crippen molar-refractivity contribution in [1.82, 2.24) is 19.7 Å². The minimum atomic E-state index is -0.0712. The number of amides is 1. The summed E-state index contributed by atoms with van der Waals surface area (Å²) >= 11 is 9.03. The summed E-state index contributed by atoms with van der Waals surface area (Å²) in [6, 6.07) is 17.1. The van der Waals surface area contributed by atoms with Gasteiger partial charge >= 0.3 is 0 Å². The van der Waals surface area contributed by atoms with E-state index >= 15 is 0 Å². The highest BCUT2D eigenvalue weighted by Gasteiger charge is 2.19. The van der Waals surface area contributed by atoms with E-state index in [0.717, 1.165) is 34.5 Å². The largest absolute Gasteiger partial charge is 0.302 e. The summed E-state index contributed by atoms with van der Waals surface area (Å²) in [5, 5.41) is 12.9. The van der Waals surface area contributed by atoms with Gasteiger partial charge in [-0.25, -0.2) is 4.98 Å². The molecule has 2 aromatic carbocycles. The molecular weight excluding hydrogens is 450 g/mol. The molecule has 1 amide bonds. The molecule has 6 nitrogen and oxygen atoms in total. The van der Waals surface area contributed by atoms with Crippen LogP contribution >= 0.6 is 34.7 Å². The summed E-state index contributed by atoms with van der Waals surface area (Å²) in [6.07, 6.45) is 0. The van der Waals surface area contributed by atoms with Gasteiger partial charge in [-0.3, -0.25) is 9.69 Å². The van der Waals surface area contributed by atoms with Crippen molar-refractivity contribution in [3.8, 4) is 11.4 Å². The monoisotopic (exact) mass is 469 g/mol. The number of para-hydroxylation sites is 1. The van der Waals surface area contributed by atoms with E-state index in [1.807, 2.05) is 60.0 Å². The van der Waals surface area contributed by atoms with E-state index in [4.69, 9.17) is 11.6 Å². The van der Waals surface area contributed by atoms with E-state index in [1.165, 1.54) is 11.3 Å². The number of thiazole rings is 1. The molecule has 0 saturated carbocycles. The number of rotatable bonds is 7. The normalized spacial score (nSPS) is 10.9. The lowest BCUT2D eigenvalue weighted by atomic mass is 10.2. The highest BCUT2D eigenvalue weighted by atomic mass is 35.5. The van der Waals surface area contributed by atoms with Crippen molar-refractivity contribution in [1.29, 1.82) is 0 Å². The molecular formula is C22H20ClN5OS2. The average Bonchev–Trinajstić information content (AvgIpc) is 3.40. The molecule has 0 aliphatic heterocycles. The van der Waals surface area contributed by atoms with Crippen molar-refractivity contribution >= 4 is 51.4 Å². The van der Waals surface area contributed by atoms with Crippen molar-refractivity contribution in [3.63, 3.8) is 0 Å². The average molecular weight is 470 g/mol. The fourth-order valence-corrected chi connectivity index (χ4v) is 5.11. The third-order valence-corrected chi connectivity index (χ3v) is 6.67. The zero-order valence-electron chi connectivity index (χ0n) is 17.0. The summed E-state index contributed by atoms with van der Waals surface area (Å²) in [7, 11) is 0. The van der Waals surface area contributed by atoms with E-state index < -0.39 is 0 Å². The Morgan fingerprint density at radius 1 is 1.13 bits per heavy atom. The number of aromatic nitrogens is 4. The maximum atomic E-state index is 12.2. The molecule has 0 saturated heterocycles. The molecule has 2 aromatic heterocycles. The lowest BCUT2D eigenvalue weighted by Gasteiger charge is -2.17. The van der Waals surface area contributed by atoms with E-state index in [2.05, 4.69) is 26.7 Å². The van der Waals surface area contributed by atoms with Gasteiger partial charge in [0, 0.05) is 35.2 Å². The molecule has 31 heavy (non-hydrogen) atoms. The summed E-state index contributed by atoms with van der Waals surface area (Å²) in [5.41, 5.74) is 2.68. The second kappa shape index (κ2) is 9.64. The first-order chi connectivity index (χ1) is 15.1. The van der Waals surface area contributed by atoms with Gasteiger partial charge in [-0.05, 0) is 43.3 Å². The van der Waals surface area contributed by atoms with E-state index in [-0.39, 0.29) is 5.91 Å². The molecule has 2 heterocycles. The van der Waals surface area contributed by atoms with Gasteiger partial charge in [0.05, 0.1) is 11.4 Å². The third-order valence-electron chi connectivity index (χ3n) is 4.54. The highest BCUT2D eigenvalue weighted by molar-refractivity contribution is 7.98. The molecule has 4 aromatic rings. The first-order valence-corrected chi connectivity index (χ1v) is 11.9. The molecule has 0 unspecified atom stereocenters. The number of hydrogen-bond acceptors (Lipinski definition) is 6. The Hall–Kier alpha value is -2.68. The molecule has 0 spiro atoms. The zero-order chi connectivity index (χ0) is 21.8. The Morgan fingerprint density at radius 3 is 2.55 bits per heavy atom. The molecule has 0 bridgehead atoms. The number of halogens is 1. The minimum absolute atomic E-state index is 0.0712. The van der Waals surface area contributed by atoms with Crippen LogP contribution in [0.3, 0.4) is 0 Å². The predicted molar refractivity (Wildman–Crippen MR) is 127 cm³/mol. The van der Waals surface area contributed by atoms with Gasteiger partial charge in [-0.15, -0.1) is 21.5 Å². The summed E-state index contributed by atoms with van der Waals surface area (Å²) < 4.78 is 2.08. The highest BCUT2D eigenvalue weighted by Crippen LogP contribution is 2.32. The van der Waals surface area contributed by atoms with Crippen molar-refractivity contribution < 1.29 is 4.79 Å². The van der Waals surface area contributed by atoms with Crippen molar-refractivity contribution in [2.75, 3.05) is 4.90 Å². The zero-order valence-corrected chi connectivity index (χ0v) is 19.4. The minimum Gasteiger partial charge on any atom is -0.302 e. The number of anilines is 2. The molecule has 0 fully saturated rings. The van der Waals surface area contributed by atoms with Crippen LogP contribution in [0.2, 0.25) is 5.02 Å². The SMILES string of the molecule is CCn1c(SCc2csc(N(C(C)=O)c3ccccc3)n2)nnc1-c1ccc(Cl)cc1. The smallest absolute Gasteiger partial charge is 0.230 e. The molecule has 4 rings (SSSR count). The van der Waals surface area contributed by atoms with Crippen LogP contribution in [-0.2, 0) is 17.1 Å². The van der Waals surface area contributed by atoms with Crippen LogP contribution in [0.25, 0.3) is 11.4 Å². The predicted octanol–water partition coefficient (Wildman–Crippen LogP) is 6.05. The number of carbonyl (C=O) groups excluding carboxylic acids is 1. The summed E-state index contributed by atoms with van der Waals surface area (Å²) in [4.78, 5) is 18.5. The van der Waals surface area contributed by atoms with Gasteiger partial charge in [0.25, 0.3) is 0 Å². The van der Waals surface area contributed by atoms with Crippen LogP contribution in [0.4, 0.5) is 10.8 Å². The van der Waals surface area contributed by atoms with E-state index in [1.54, 1.807) is 23.6 Å². The fraction of sp³-hybridized carbons (Fsp3) is 0.182. The van der Waals surface area contributed by atoms with Crippen LogP contribution in [0, 0.1) is 0 Å². The Labute approximate surface area is 193 Å². The van der Waals surface area contributed by atoms with Gasteiger partial charge in [-0.1, -0.05) is 41.6 Å². The van der Waals surface area contributed by atoms with E-state index in [9.17, 15) is 4.79 Å². The standard InChI is InChI=1S/C22H20ClN5OS2/c1-3-27-20(16-9-11-17(23)12-10-16)25-26-22(27)31-14-18-13-30-21(24-18)28(15(2)29)19-7-5-4-6-8-19/h4-13H,3,14H2,1-2H3. The van der Waals surface area contributed by atoms with Crippen molar-refractivity contribution in [2.24, 2.45) is 0 Å². The number of nitrogens with zero attached hydrogens (tertiary/aromatic N) is 5. The first-order valence-electron chi connectivity index (χ1n) is 9.69. The van der Waals surface area contributed by atoms with E-state index in [0.29, 0.717) is 15.9 Å². The molecule has 0 N–H and O–H groups in total. The Morgan fingerprint density at radius 2 is 1.87 bits per heavy atom. The molecule has 158 valence electrons. The first kappa shape index (κ1) is 21.5. The fourth-order valence-electron chi connectivity index (χ4n) is 3.10. The molecule has 9 heteroatoms. The Balaban J connectivity index is 1.51. The molecule has 0 aliphatic rings. The maximum Gasteiger partial charge on any atom is 0.230 e. The van der Waals surface area contributed by atoms with Crippen LogP contribution in [0.5, 0.6) is 0 Å². The van der Waals surface area contributed by atoms with Crippen molar-refractivity contribution in [2.45, 2.75) is 31.3 Å². The van der Waals surface area contributed by atoms with Crippen LogP contribution in [0.15, 0.2) is 65.1 Å². The number of benzene rings is 2. The molecule has 0 atom stereocenters. The molecule has 0 radical (unpaired) electrons. The lowest BCUT2D eigenvalue weighted by Crippen LogP contribution is -2.22. The summed E-state index contributed by atoms with van der Waals surface area (Å²) in [6.45, 7) is 4.37. The lowest BCUT2D eigenvalue weighted by molar-refractivity contribution is -0.115. The second-order valence-corrected chi connectivity index (χ2v) is 8.87.